The number of halogens is 2. The molecule has 1 unspecified atom stereocenters. The van der Waals surface area contributed by atoms with Gasteiger partial charge in [-0.15, -0.1) is 0 Å². The van der Waals surface area contributed by atoms with Crippen LogP contribution in [-0.4, -0.2) is 0 Å². The summed E-state index contributed by atoms with van der Waals surface area (Å²) in [5, 5.41) is 0. The van der Waals surface area contributed by atoms with E-state index in [0.29, 0.717) is 0 Å². The maximum Gasteiger partial charge on any atom is 0.173 e. The van der Waals surface area contributed by atoms with Gasteiger partial charge in [-0.05, 0) is 34.0 Å². The van der Waals surface area contributed by atoms with Crippen molar-refractivity contribution in [1.82, 2.24) is 0 Å². The van der Waals surface area contributed by atoms with Gasteiger partial charge in [0.15, 0.2) is 4.67 Å². The highest BCUT2D eigenvalue weighted by atomic mass is 79.9. The zero-order valence-corrected chi connectivity index (χ0v) is 11.2. The molecular weight excluding hydrogens is 320 g/mol. The van der Waals surface area contributed by atoms with Crippen LogP contribution >= 0.6 is 31.9 Å². The van der Waals surface area contributed by atoms with E-state index in [1.54, 1.807) is 6.26 Å². The molecule has 0 radical (unpaired) electrons. The lowest BCUT2D eigenvalue weighted by atomic mass is 10.1. The van der Waals surface area contributed by atoms with Gasteiger partial charge in [-0.25, -0.2) is 0 Å². The molecule has 78 valence electrons. The number of alkyl halides is 1. The highest BCUT2D eigenvalue weighted by molar-refractivity contribution is 9.10. The zero-order chi connectivity index (χ0) is 10.7. The normalized spacial score (nSPS) is 12.7. The molecule has 1 aromatic carbocycles. The van der Waals surface area contributed by atoms with E-state index in [9.17, 15) is 0 Å². The predicted molar refractivity (Wildman–Crippen MR) is 68.2 cm³/mol. The van der Waals surface area contributed by atoms with Gasteiger partial charge in [0.25, 0.3) is 0 Å². The Balaban J connectivity index is 2.11. The summed E-state index contributed by atoms with van der Waals surface area (Å²) in [5.41, 5.74) is 2.46. The molecule has 0 aliphatic rings. The standard InChI is InChI=1S/C12H10Br2O/c13-11(10-6-7-15-12(10)14)8-9-4-2-1-3-5-9/h1-7,11H,8H2. The second kappa shape index (κ2) is 4.99. The Labute approximate surface area is 106 Å². The fourth-order valence-corrected chi connectivity index (χ4v) is 3.02. The smallest absolute Gasteiger partial charge is 0.173 e. The number of furan rings is 1. The van der Waals surface area contributed by atoms with Gasteiger partial charge in [0.05, 0.1) is 6.26 Å². The number of hydrogen-bond acceptors (Lipinski definition) is 1. The first-order valence-corrected chi connectivity index (χ1v) is 6.39. The Kier molecular flexibility index (Phi) is 3.65. The summed E-state index contributed by atoms with van der Waals surface area (Å²) in [4.78, 5) is 0.285. The molecule has 2 rings (SSSR count). The van der Waals surface area contributed by atoms with Crippen LogP contribution in [-0.2, 0) is 6.42 Å². The highest BCUT2D eigenvalue weighted by Gasteiger charge is 2.13. The second-order valence-electron chi connectivity index (χ2n) is 3.31. The van der Waals surface area contributed by atoms with Crippen LogP contribution in [0.1, 0.15) is 16.0 Å². The number of benzene rings is 1. The average Bonchev–Trinajstić information content (AvgIpc) is 2.66. The number of hydrogen-bond donors (Lipinski definition) is 0. The van der Waals surface area contributed by atoms with Crippen molar-refractivity contribution in [1.29, 1.82) is 0 Å². The SMILES string of the molecule is Brc1occc1C(Br)Cc1ccccc1. The van der Waals surface area contributed by atoms with Gasteiger partial charge in [0.2, 0.25) is 0 Å². The summed E-state index contributed by atoms with van der Waals surface area (Å²) < 4.78 is 6.02. The van der Waals surface area contributed by atoms with Crippen molar-refractivity contribution < 1.29 is 4.42 Å². The average molecular weight is 330 g/mol. The first-order chi connectivity index (χ1) is 7.27. The molecule has 3 heteroatoms. The Morgan fingerprint density at radius 3 is 2.47 bits per heavy atom. The minimum absolute atomic E-state index is 0.285. The van der Waals surface area contributed by atoms with Gasteiger partial charge in [-0.1, -0.05) is 46.3 Å². The lowest BCUT2D eigenvalue weighted by molar-refractivity contribution is 0.536. The molecular formula is C12H10Br2O. The molecule has 0 saturated carbocycles. The summed E-state index contributed by atoms with van der Waals surface area (Å²) in [6.07, 6.45) is 2.65. The number of rotatable bonds is 3. The van der Waals surface area contributed by atoms with E-state index in [4.69, 9.17) is 4.42 Å². The van der Waals surface area contributed by atoms with E-state index >= 15 is 0 Å². The van der Waals surface area contributed by atoms with Crippen molar-refractivity contribution in [2.45, 2.75) is 11.2 Å². The van der Waals surface area contributed by atoms with E-state index < -0.39 is 0 Å². The molecule has 0 bridgehead atoms. The van der Waals surface area contributed by atoms with Gasteiger partial charge < -0.3 is 4.42 Å². The van der Waals surface area contributed by atoms with E-state index in [-0.39, 0.29) is 4.83 Å². The summed E-state index contributed by atoms with van der Waals surface area (Å²) in [5.74, 6) is 0. The van der Waals surface area contributed by atoms with Crippen molar-refractivity contribution in [2.24, 2.45) is 0 Å². The monoisotopic (exact) mass is 328 g/mol. The van der Waals surface area contributed by atoms with Gasteiger partial charge in [0.1, 0.15) is 0 Å². The van der Waals surface area contributed by atoms with Crippen molar-refractivity contribution in [3.8, 4) is 0 Å². The first-order valence-electron chi connectivity index (χ1n) is 4.68. The fourth-order valence-electron chi connectivity index (χ4n) is 1.46. The van der Waals surface area contributed by atoms with Crippen molar-refractivity contribution in [3.63, 3.8) is 0 Å². The minimum atomic E-state index is 0.285. The third-order valence-electron chi connectivity index (χ3n) is 2.24. The molecule has 0 amide bonds. The van der Waals surface area contributed by atoms with E-state index in [2.05, 4.69) is 56.1 Å². The Morgan fingerprint density at radius 1 is 1.13 bits per heavy atom. The quantitative estimate of drug-likeness (QED) is 0.742. The van der Waals surface area contributed by atoms with Gasteiger partial charge in [-0.3, -0.25) is 0 Å². The molecule has 0 N–H and O–H groups in total. The van der Waals surface area contributed by atoms with Crippen LogP contribution in [0.15, 0.2) is 51.7 Å². The molecule has 1 aromatic heterocycles. The van der Waals surface area contributed by atoms with Crippen molar-refractivity contribution in [3.05, 3.63) is 58.5 Å². The molecule has 1 nitrogen and oxygen atoms in total. The molecule has 0 aliphatic heterocycles. The van der Waals surface area contributed by atoms with Crippen LogP contribution in [0.25, 0.3) is 0 Å². The highest BCUT2D eigenvalue weighted by Crippen LogP contribution is 2.33. The van der Waals surface area contributed by atoms with E-state index in [1.807, 2.05) is 12.1 Å². The molecule has 0 fully saturated rings. The van der Waals surface area contributed by atoms with Gasteiger partial charge >= 0.3 is 0 Å². The first kappa shape index (κ1) is 11.0. The molecule has 1 heterocycles. The largest absolute Gasteiger partial charge is 0.457 e. The maximum atomic E-state index is 5.21. The molecule has 0 aliphatic carbocycles. The lowest BCUT2D eigenvalue weighted by Crippen LogP contribution is -1.94. The molecule has 0 saturated heterocycles. The molecule has 0 spiro atoms. The minimum Gasteiger partial charge on any atom is -0.457 e. The van der Waals surface area contributed by atoms with Gasteiger partial charge in [0, 0.05) is 10.4 Å². The van der Waals surface area contributed by atoms with Crippen LogP contribution in [0.4, 0.5) is 0 Å². The van der Waals surface area contributed by atoms with Crippen LogP contribution in [0.3, 0.4) is 0 Å². The van der Waals surface area contributed by atoms with Crippen LogP contribution in [0.2, 0.25) is 0 Å². The third-order valence-corrected chi connectivity index (χ3v) is 3.70. The van der Waals surface area contributed by atoms with Crippen LogP contribution in [0.5, 0.6) is 0 Å². The predicted octanol–water partition coefficient (Wildman–Crippen LogP) is 4.72. The topological polar surface area (TPSA) is 13.1 Å². The van der Waals surface area contributed by atoms with E-state index in [0.717, 1.165) is 16.7 Å². The summed E-state index contributed by atoms with van der Waals surface area (Å²) in [6.45, 7) is 0. The Hall–Kier alpha value is -0.540. The van der Waals surface area contributed by atoms with Crippen LogP contribution in [0, 0.1) is 0 Å². The summed E-state index contributed by atoms with van der Waals surface area (Å²) in [7, 11) is 0. The molecule has 15 heavy (non-hydrogen) atoms. The third kappa shape index (κ3) is 2.73. The van der Waals surface area contributed by atoms with Crippen molar-refractivity contribution >= 4 is 31.9 Å². The Morgan fingerprint density at radius 2 is 1.87 bits per heavy atom. The lowest BCUT2D eigenvalue weighted by Gasteiger charge is -2.07. The maximum absolute atomic E-state index is 5.21. The van der Waals surface area contributed by atoms with Crippen LogP contribution < -0.4 is 0 Å². The fraction of sp³-hybridized carbons (Fsp3) is 0.167. The summed E-state index contributed by atoms with van der Waals surface area (Å²) in [6, 6.07) is 12.4. The van der Waals surface area contributed by atoms with Gasteiger partial charge in [-0.2, -0.15) is 0 Å². The molecule has 2 aromatic rings. The molecule has 1 atom stereocenters. The summed E-state index contributed by atoms with van der Waals surface area (Å²) >= 11 is 7.05. The second-order valence-corrected chi connectivity index (χ2v) is 5.13. The van der Waals surface area contributed by atoms with E-state index in [1.165, 1.54) is 5.56 Å². The van der Waals surface area contributed by atoms with Crippen molar-refractivity contribution in [2.75, 3.05) is 0 Å². The Bertz CT molecular complexity index is 422. The zero-order valence-electron chi connectivity index (χ0n) is 7.99.